The van der Waals surface area contributed by atoms with Crippen molar-refractivity contribution in [2.45, 2.75) is 112 Å². The summed E-state index contributed by atoms with van der Waals surface area (Å²) in [7, 11) is 1.60. The molecular formula is C61H74N10O22S2. The second-order valence-corrected chi connectivity index (χ2v) is 24.2. The Morgan fingerprint density at radius 3 is 1.98 bits per heavy atom. The molecule has 4 heterocycles. The van der Waals surface area contributed by atoms with Crippen molar-refractivity contribution >= 4 is 70.9 Å². The Bertz CT molecular complexity index is 3480. The molecule has 8 amide bonds. The van der Waals surface area contributed by atoms with Crippen LogP contribution in [0.2, 0.25) is 0 Å². The maximum atomic E-state index is 14.7. The number of rotatable bonds is 23. The molecule has 5 aromatic rings. The molecule has 8 rings (SSSR count). The number of methoxy groups -OCH3 is 1. The lowest BCUT2D eigenvalue weighted by Gasteiger charge is -2.33. The van der Waals surface area contributed by atoms with Gasteiger partial charge in [-0.25, -0.2) is 5.26 Å². The van der Waals surface area contributed by atoms with E-state index in [2.05, 4.69) is 46.2 Å². The zero-order valence-electron chi connectivity index (χ0n) is 51.4. The fourth-order valence-corrected chi connectivity index (χ4v) is 12.0. The van der Waals surface area contributed by atoms with E-state index in [0.29, 0.717) is 47.8 Å². The van der Waals surface area contributed by atoms with Crippen LogP contribution in [0, 0.1) is 5.92 Å². The molecule has 13 atom stereocenters. The van der Waals surface area contributed by atoms with E-state index in [0.717, 1.165) is 45.5 Å². The Hall–Kier alpha value is -8.49. The number of aromatic nitrogens is 2. The van der Waals surface area contributed by atoms with Gasteiger partial charge in [-0.3, -0.25) is 38.4 Å². The van der Waals surface area contributed by atoms with Gasteiger partial charge in [0.1, 0.15) is 58.6 Å². The van der Waals surface area contributed by atoms with E-state index in [9.17, 15) is 74.1 Å². The maximum absolute atomic E-state index is 14.7. The van der Waals surface area contributed by atoms with Gasteiger partial charge in [-0.1, -0.05) is 82.2 Å². The highest BCUT2D eigenvalue weighted by atomic mass is 32.2. The number of amides is 8. The number of aliphatic hydroxyl groups is 6. The predicted octanol–water partition coefficient (Wildman–Crippen LogP) is -1.53. The van der Waals surface area contributed by atoms with Crippen LogP contribution in [-0.4, -0.2) is 234 Å². The SMILES string of the molecule is COCCOCCOc1ccc(-c2ccc(-c3nnc(-c4ccc(C(=O)N[C@H]5CC(O)CNC(=O)C6C(O)C(C)CN6C(=O)C(C(O)CC(N)=O)NC(=O)C(C(O)Cc6ccc(O)c(OSOOO)c6)NC(=O)C6CC(O)CN6C(=O)C(C(C)O)NC5=O)cc4)s3)cc2)cc1. The summed E-state index contributed by atoms with van der Waals surface area (Å²) >= 11 is 1.34. The first-order valence-corrected chi connectivity index (χ1v) is 31.4. The molecule has 0 radical (unpaired) electrons. The minimum atomic E-state index is -2.22. The average Bonchev–Trinajstić information content (AvgIpc) is 1.69. The lowest BCUT2D eigenvalue weighted by atomic mass is 9.98. The summed E-state index contributed by atoms with van der Waals surface area (Å²) in [5, 5.41) is 113. The zero-order valence-corrected chi connectivity index (χ0v) is 53.1. The van der Waals surface area contributed by atoms with Gasteiger partial charge in [-0.2, -0.15) is 0 Å². The number of aliphatic hydroxyl groups excluding tert-OH is 6. The van der Waals surface area contributed by atoms with Crippen LogP contribution >= 0.6 is 23.7 Å². The van der Waals surface area contributed by atoms with Crippen LogP contribution in [0.4, 0.5) is 0 Å². The monoisotopic (exact) mass is 1360 g/mol. The molecule has 3 fully saturated rings. The average molecular weight is 1360 g/mol. The topological polar surface area (TPSA) is 472 Å². The van der Waals surface area contributed by atoms with Crippen LogP contribution in [-0.2, 0) is 58.8 Å². The molecule has 95 heavy (non-hydrogen) atoms. The summed E-state index contributed by atoms with van der Waals surface area (Å²) in [5.74, 6) is -10.5. The number of hydrogen-bond donors (Lipinski definition) is 14. The predicted molar refractivity (Wildman–Crippen MR) is 334 cm³/mol. The second-order valence-electron chi connectivity index (χ2n) is 22.8. The normalized spacial score (nSPS) is 24.2. The number of phenolic OH excluding ortho intramolecular Hbond substituents is 1. The number of benzene rings is 4. The minimum absolute atomic E-state index is 0.00722. The summed E-state index contributed by atoms with van der Waals surface area (Å²) in [6, 6.07) is 13.1. The van der Waals surface area contributed by atoms with Gasteiger partial charge in [0.2, 0.25) is 41.4 Å². The quantitative estimate of drug-likeness (QED) is 0.0153. The molecule has 3 saturated heterocycles. The highest BCUT2D eigenvalue weighted by molar-refractivity contribution is 7.90. The van der Waals surface area contributed by atoms with Crippen molar-refractivity contribution < 1.29 is 107 Å². The van der Waals surface area contributed by atoms with Crippen molar-refractivity contribution in [3.63, 3.8) is 0 Å². The summed E-state index contributed by atoms with van der Waals surface area (Å²) in [5.41, 5.74) is 8.75. The first-order chi connectivity index (χ1) is 45.4. The summed E-state index contributed by atoms with van der Waals surface area (Å²) < 4.78 is 25.5. The first-order valence-electron chi connectivity index (χ1n) is 29.9. The third-order valence-corrected chi connectivity index (χ3v) is 17.3. The van der Waals surface area contributed by atoms with Crippen molar-refractivity contribution in [2.24, 2.45) is 11.7 Å². The van der Waals surface area contributed by atoms with Gasteiger partial charge < -0.3 is 96.3 Å². The van der Waals surface area contributed by atoms with E-state index >= 15 is 0 Å². The van der Waals surface area contributed by atoms with Gasteiger partial charge in [-0.15, -0.1) is 10.2 Å². The van der Waals surface area contributed by atoms with Crippen LogP contribution in [0.15, 0.2) is 91.0 Å². The van der Waals surface area contributed by atoms with Crippen LogP contribution in [0.1, 0.15) is 49.0 Å². The number of carbonyl (C=O) groups excluding carboxylic acids is 8. The number of nitrogens with zero attached hydrogens (tertiary/aromatic N) is 4. The van der Waals surface area contributed by atoms with Gasteiger partial charge >= 0.3 is 0 Å². The Kier molecular flexibility index (Phi) is 25.7. The number of hydrogen-bond acceptors (Lipinski definition) is 26. The van der Waals surface area contributed by atoms with E-state index in [1.165, 1.54) is 36.5 Å². The van der Waals surface area contributed by atoms with Gasteiger partial charge in [0.05, 0.1) is 62.9 Å². The van der Waals surface area contributed by atoms with Gasteiger partial charge in [0, 0.05) is 68.6 Å². The molecule has 12 unspecified atom stereocenters. The molecule has 0 saturated carbocycles. The lowest BCUT2D eigenvalue weighted by molar-refractivity contribution is -0.433. The van der Waals surface area contributed by atoms with Crippen LogP contribution < -0.4 is 41.2 Å². The molecule has 0 spiro atoms. The number of phenols is 1. The molecule has 1 aromatic heterocycles. The molecule has 4 aromatic carbocycles. The fourth-order valence-electron chi connectivity index (χ4n) is 10.9. The molecular weight excluding hydrogens is 1290 g/mol. The highest BCUT2D eigenvalue weighted by Gasteiger charge is 2.50. The molecule has 32 nitrogen and oxygen atoms in total. The van der Waals surface area contributed by atoms with Gasteiger partial charge in [-0.05, 0) is 60.0 Å². The number of ether oxygens (including phenoxy) is 3. The number of primary amides is 1. The first kappa shape index (κ1) is 72.3. The third-order valence-electron chi connectivity index (χ3n) is 15.9. The Labute approximate surface area is 551 Å². The number of nitrogens with one attached hydrogen (secondary N) is 5. The number of fused-ring (bicyclic) bond motifs is 2. The number of aromatic hydroxyl groups is 1. The Morgan fingerprint density at radius 2 is 1.34 bits per heavy atom. The van der Waals surface area contributed by atoms with E-state index in [1.54, 1.807) is 19.2 Å². The largest absolute Gasteiger partial charge is 0.504 e. The smallest absolute Gasteiger partial charge is 0.261 e. The lowest BCUT2D eigenvalue weighted by Crippen LogP contribution is -2.64. The second kappa shape index (κ2) is 33.8. The summed E-state index contributed by atoms with van der Waals surface area (Å²) in [4.78, 5) is 115. The van der Waals surface area contributed by atoms with Crippen molar-refractivity contribution in [3.8, 4) is 49.5 Å². The van der Waals surface area contributed by atoms with Gasteiger partial charge in [0.15, 0.2) is 11.5 Å². The molecule has 3 aliphatic rings. The maximum Gasteiger partial charge on any atom is 0.261 e. The van der Waals surface area contributed by atoms with Gasteiger partial charge in [0.25, 0.3) is 18.2 Å². The van der Waals surface area contributed by atoms with Crippen molar-refractivity contribution in [3.05, 3.63) is 102 Å². The Balaban J connectivity index is 1.04. The van der Waals surface area contributed by atoms with Crippen LogP contribution in [0.3, 0.4) is 0 Å². The highest BCUT2D eigenvalue weighted by Crippen LogP contribution is 2.34. The van der Waals surface area contributed by atoms with E-state index < -0.39 is 177 Å². The van der Waals surface area contributed by atoms with Crippen LogP contribution in [0.5, 0.6) is 17.2 Å². The van der Waals surface area contributed by atoms with E-state index in [-0.39, 0.29) is 29.2 Å². The minimum Gasteiger partial charge on any atom is -0.504 e. The van der Waals surface area contributed by atoms with Crippen molar-refractivity contribution in [1.29, 1.82) is 0 Å². The molecule has 34 heteroatoms. The number of nitrogens with two attached hydrogens (primary N) is 1. The fraction of sp³-hybridized carbons (Fsp3) is 0.443. The number of carbonyl (C=O) groups is 8. The molecule has 0 aliphatic carbocycles. The molecule has 0 bridgehead atoms. The molecule has 3 aliphatic heterocycles. The summed E-state index contributed by atoms with van der Waals surface area (Å²) in [6.45, 7) is 2.63. The standard InChI is InChI=1S/C61H74N10O22S2/c1-30-28-71-51(52(30)79)57(84)63-27-38(73)24-41(64-53(80)35-7-11-37(12-8-35)59-69-68-58(94-59)36-9-5-33(6-10-36)34-13-15-40(16-14-34)90-21-20-89-19-18-88-3)54(81)65-48(31(2)72)60(85)70-29-39(74)25-42(70)55(82)66-49(56(83)67-50(61(71)86)45(77)26-47(62)78)44(76)22-32-4-17-43(75)46(23-32)91-95-93-92-87/h4-17,23,30-31,38-39,41-42,44-45,48-52,72-77,79,87H,18-22,24-29H2,1-3H3,(H2,62,78)(H,63,84)(H,64,80)(H,65,81)(H,66,82)(H,67,83)/t30?,31?,38?,39?,41-,42?,44?,45?,48?,49?,50?,51?,52?/m0/s1. The van der Waals surface area contributed by atoms with E-state index in [4.69, 9.17) is 29.4 Å². The third kappa shape index (κ3) is 18.9. The zero-order chi connectivity index (χ0) is 68.6. The number of β-amino-alcohol motifs (C(OH)–C–C–N with tert-alkyl or cyclic N) is 1. The Morgan fingerprint density at radius 1 is 0.726 bits per heavy atom. The molecule has 512 valence electrons. The van der Waals surface area contributed by atoms with Crippen molar-refractivity contribution in [2.75, 3.05) is 53.2 Å². The van der Waals surface area contributed by atoms with Crippen molar-refractivity contribution in [1.82, 2.24) is 46.6 Å². The van der Waals surface area contributed by atoms with Crippen LogP contribution in [0.25, 0.3) is 32.3 Å². The van der Waals surface area contributed by atoms with E-state index in [1.807, 2.05) is 48.5 Å². The molecule has 15 N–H and O–H groups in total. The summed E-state index contributed by atoms with van der Waals surface area (Å²) in [6.07, 6.45) is -13.7.